The number of urea groups is 1. The first-order valence-corrected chi connectivity index (χ1v) is 7.57. The SMILES string of the molecule is CN(C)C(=O)NCCNCc1ccc(Br)c2cccnc12. The second-order valence-electron chi connectivity index (χ2n) is 4.91. The van der Waals surface area contributed by atoms with Crippen LogP contribution < -0.4 is 10.6 Å². The second-order valence-corrected chi connectivity index (χ2v) is 5.76. The quantitative estimate of drug-likeness (QED) is 0.813. The third-order valence-corrected chi connectivity index (χ3v) is 3.79. The topological polar surface area (TPSA) is 57.3 Å². The van der Waals surface area contributed by atoms with Crippen LogP contribution in [0, 0.1) is 0 Å². The van der Waals surface area contributed by atoms with Crippen molar-refractivity contribution < 1.29 is 4.79 Å². The number of benzene rings is 1. The molecular weight excluding hydrogens is 332 g/mol. The van der Waals surface area contributed by atoms with Gasteiger partial charge in [0.25, 0.3) is 0 Å². The van der Waals surface area contributed by atoms with Crippen molar-refractivity contribution in [2.45, 2.75) is 6.54 Å². The molecule has 0 atom stereocenters. The van der Waals surface area contributed by atoms with E-state index in [1.807, 2.05) is 18.2 Å². The fourth-order valence-electron chi connectivity index (χ4n) is 1.98. The monoisotopic (exact) mass is 350 g/mol. The van der Waals surface area contributed by atoms with E-state index in [-0.39, 0.29) is 6.03 Å². The first-order chi connectivity index (χ1) is 10.1. The number of rotatable bonds is 5. The molecule has 0 saturated carbocycles. The van der Waals surface area contributed by atoms with E-state index in [4.69, 9.17) is 0 Å². The maximum atomic E-state index is 11.4. The number of carbonyl (C=O) groups is 1. The van der Waals surface area contributed by atoms with Gasteiger partial charge < -0.3 is 15.5 Å². The Labute approximate surface area is 132 Å². The molecule has 5 nitrogen and oxygen atoms in total. The molecule has 0 aliphatic rings. The molecule has 2 aromatic rings. The molecule has 1 heterocycles. The predicted octanol–water partition coefficient (Wildman–Crippen LogP) is 2.36. The molecule has 2 rings (SSSR count). The Morgan fingerprint density at radius 2 is 2.10 bits per heavy atom. The first kappa shape index (κ1) is 15.7. The van der Waals surface area contributed by atoms with Crippen molar-refractivity contribution in [3.05, 3.63) is 40.5 Å². The van der Waals surface area contributed by atoms with Gasteiger partial charge in [0, 0.05) is 49.8 Å². The van der Waals surface area contributed by atoms with Crippen molar-refractivity contribution in [1.29, 1.82) is 0 Å². The van der Waals surface area contributed by atoms with Gasteiger partial charge in [-0.15, -0.1) is 0 Å². The van der Waals surface area contributed by atoms with E-state index in [1.165, 1.54) is 4.90 Å². The van der Waals surface area contributed by atoms with Crippen LogP contribution in [-0.2, 0) is 6.54 Å². The third kappa shape index (κ3) is 4.15. The number of hydrogen-bond acceptors (Lipinski definition) is 3. The molecule has 1 aromatic heterocycles. The zero-order valence-corrected chi connectivity index (χ0v) is 13.8. The summed E-state index contributed by atoms with van der Waals surface area (Å²) in [7, 11) is 3.45. The highest BCUT2D eigenvalue weighted by Crippen LogP contribution is 2.24. The number of nitrogens with one attached hydrogen (secondary N) is 2. The van der Waals surface area contributed by atoms with Gasteiger partial charge in [0.05, 0.1) is 5.52 Å². The second kappa shape index (κ2) is 7.38. The van der Waals surface area contributed by atoms with E-state index in [0.29, 0.717) is 13.1 Å². The average Bonchev–Trinajstić information content (AvgIpc) is 2.49. The van der Waals surface area contributed by atoms with Crippen molar-refractivity contribution in [2.24, 2.45) is 0 Å². The molecular formula is C15H19BrN4O. The Balaban J connectivity index is 1.90. The zero-order valence-electron chi connectivity index (χ0n) is 12.2. The maximum absolute atomic E-state index is 11.4. The minimum Gasteiger partial charge on any atom is -0.337 e. The summed E-state index contributed by atoms with van der Waals surface area (Å²) in [6.07, 6.45) is 1.80. The van der Waals surface area contributed by atoms with Gasteiger partial charge in [0.1, 0.15) is 0 Å². The van der Waals surface area contributed by atoms with Crippen LogP contribution in [-0.4, -0.2) is 43.1 Å². The molecule has 0 fully saturated rings. The minimum absolute atomic E-state index is 0.0763. The predicted molar refractivity (Wildman–Crippen MR) is 88.2 cm³/mol. The number of nitrogens with zero attached hydrogens (tertiary/aromatic N) is 2. The standard InChI is InChI=1S/C15H19BrN4O/c1-20(2)15(21)19-9-8-17-10-11-5-6-13(16)12-4-3-7-18-14(11)12/h3-7,17H,8-10H2,1-2H3,(H,19,21). The van der Waals surface area contributed by atoms with Gasteiger partial charge in [-0.05, 0) is 17.7 Å². The Kier molecular flexibility index (Phi) is 5.52. The molecule has 2 amide bonds. The molecule has 2 N–H and O–H groups in total. The van der Waals surface area contributed by atoms with Crippen LogP contribution in [0.2, 0.25) is 0 Å². The summed E-state index contributed by atoms with van der Waals surface area (Å²) >= 11 is 3.54. The number of fused-ring (bicyclic) bond motifs is 1. The van der Waals surface area contributed by atoms with E-state index in [1.54, 1.807) is 20.3 Å². The molecule has 0 bridgehead atoms. The lowest BCUT2D eigenvalue weighted by atomic mass is 10.1. The van der Waals surface area contributed by atoms with Crippen LogP contribution in [0.25, 0.3) is 10.9 Å². The van der Waals surface area contributed by atoms with E-state index in [2.05, 4.69) is 37.6 Å². The van der Waals surface area contributed by atoms with Crippen LogP contribution in [0.3, 0.4) is 0 Å². The number of hydrogen-bond donors (Lipinski definition) is 2. The van der Waals surface area contributed by atoms with E-state index in [0.717, 1.165) is 27.5 Å². The largest absolute Gasteiger partial charge is 0.337 e. The van der Waals surface area contributed by atoms with Gasteiger partial charge in [0.15, 0.2) is 0 Å². The van der Waals surface area contributed by atoms with Crippen LogP contribution in [0.5, 0.6) is 0 Å². The van der Waals surface area contributed by atoms with Gasteiger partial charge in [0.2, 0.25) is 0 Å². The van der Waals surface area contributed by atoms with Crippen LogP contribution in [0.1, 0.15) is 5.56 Å². The highest BCUT2D eigenvalue weighted by atomic mass is 79.9. The minimum atomic E-state index is -0.0763. The summed E-state index contributed by atoms with van der Waals surface area (Å²) in [4.78, 5) is 17.3. The van der Waals surface area contributed by atoms with Crippen molar-refractivity contribution in [3.8, 4) is 0 Å². The van der Waals surface area contributed by atoms with Gasteiger partial charge in [-0.2, -0.15) is 0 Å². The molecule has 0 aliphatic heterocycles. The fraction of sp³-hybridized carbons (Fsp3) is 0.333. The summed E-state index contributed by atoms with van der Waals surface area (Å²) in [5, 5.41) is 7.24. The van der Waals surface area contributed by atoms with Gasteiger partial charge in [-0.25, -0.2) is 4.79 Å². The molecule has 0 unspecified atom stereocenters. The molecule has 0 spiro atoms. The average molecular weight is 351 g/mol. The van der Waals surface area contributed by atoms with Gasteiger partial charge >= 0.3 is 6.03 Å². The summed E-state index contributed by atoms with van der Waals surface area (Å²) in [6.45, 7) is 2.03. The highest BCUT2D eigenvalue weighted by Gasteiger charge is 2.05. The van der Waals surface area contributed by atoms with Crippen molar-refractivity contribution in [1.82, 2.24) is 20.5 Å². The van der Waals surface area contributed by atoms with Gasteiger partial charge in [-0.3, -0.25) is 4.98 Å². The molecule has 0 saturated heterocycles. The van der Waals surface area contributed by atoms with Crippen LogP contribution >= 0.6 is 15.9 Å². The Hall–Kier alpha value is -1.66. The van der Waals surface area contributed by atoms with E-state index < -0.39 is 0 Å². The lowest BCUT2D eigenvalue weighted by Gasteiger charge is -2.12. The summed E-state index contributed by atoms with van der Waals surface area (Å²) in [6, 6.07) is 8.00. The summed E-state index contributed by atoms with van der Waals surface area (Å²) in [5.41, 5.74) is 2.14. The lowest BCUT2D eigenvalue weighted by molar-refractivity contribution is 0.217. The Morgan fingerprint density at radius 3 is 2.86 bits per heavy atom. The van der Waals surface area contributed by atoms with E-state index in [9.17, 15) is 4.79 Å². The number of halogens is 1. The van der Waals surface area contributed by atoms with Crippen molar-refractivity contribution in [2.75, 3.05) is 27.2 Å². The Bertz CT molecular complexity index is 630. The number of amides is 2. The maximum Gasteiger partial charge on any atom is 0.316 e. The van der Waals surface area contributed by atoms with E-state index >= 15 is 0 Å². The molecule has 0 radical (unpaired) electrons. The first-order valence-electron chi connectivity index (χ1n) is 6.77. The summed E-state index contributed by atoms with van der Waals surface area (Å²) in [5.74, 6) is 0. The molecule has 6 heteroatoms. The highest BCUT2D eigenvalue weighted by molar-refractivity contribution is 9.10. The van der Waals surface area contributed by atoms with Crippen molar-refractivity contribution in [3.63, 3.8) is 0 Å². The van der Waals surface area contributed by atoms with Crippen molar-refractivity contribution >= 4 is 32.9 Å². The van der Waals surface area contributed by atoms with Crippen LogP contribution in [0.4, 0.5) is 4.79 Å². The molecule has 21 heavy (non-hydrogen) atoms. The smallest absolute Gasteiger partial charge is 0.316 e. The number of pyridine rings is 1. The molecule has 112 valence electrons. The third-order valence-electron chi connectivity index (χ3n) is 3.10. The number of aromatic nitrogens is 1. The zero-order chi connectivity index (χ0) is 15.2. The lowest BCUT2D eigenvalue weighted by Crippen LogP contribution is -2.38. The summed E-state index contributed by atoms with van der Waals surface area (Å²) < 4.78 is 1.05. The molecule has 1 aromatic carbocycles. The normalized spacial score (nSPS) is 10.6. The van der Waals surface area contributed by atoms with Crippen LogP contribution in [0.15, 0.2) is 34.9 Å². The van der Waals surface area contributed by atoms with Gasteiger partial charge in [-0.1, -0.05) is 28.1 Å². The molecule has 0 aliphatic carbocycles. The number of carbonyl (C=O) groups excluding carboxylic acids is 1. The fourth-order valence-corrected chi connectivity index (χ4v) is 2.43. The Morgan fingerprint density at radius 1 is 1.29 bits per heavy atom.